The number of carbonyl (C=O) groups is 2. The van der Waals surface area contributed by atoms with Crippen molar-refractivity contribution in [1.82, 2.24) is 4.90 Å². The molecule has 0 bridgehead atoms. The summed E-state index contributed by atoms with van der Waals surface area (Å²) in [6.45, 7) is 5.49. The molecule has 1 amide bonds. The number of ketones is 1. The molecule has 0 aromatic heterocycles. The predicted octanol–water partition coefficient (Wildman–Crippen LogP) is 2.33. The van der Waals surface area contributed by atoms with Gasteiger partial charge in [0.25, 0.3) is 0 Å². The van der Waals surface area contributed by atoms with Crippen LogP contribution in [0, 0.1) is 5.92 Å². The van der Waals surface area contributed by atoms with Crippen LogP contribution >= 0.6 is 0 Å². The lowest BCUT2D eigenvalue weighted by molar-refractivity contribution is -0.122. The van der Waals surface area contributed by atoms with Crippen molar-refractivity contribution in [2.75, 3.05) is 25.0 Å². The largest absolute Gasteiger partial charge is 0.372 e. The summed E-state index contributed by atoms with van der Waals surface area (Å²) in [5.74, 6) is 0.541. The van der Waals surface area contributed by atoms with Gasteiger partial charge in [-0.2, -0.15) is 0 Å². The zero-order chi connectivity index (χ0) is 16.4. The number of nitrogens with zero attached hydrogens (tertiary/aromatic N) is 1. The lowest BCUT2D eigenvalue weighted by atomic mass is 10.1. The highest BCUT2D eigenvalue weighted by Gasteiger charge is 2.37. The van der Waals surface area contributed by atoms with E-state index in [9.17, 15) is 9.59 Å². The quantitative estimate of drug-likeness (QED) is 0.847. The summed E-state index contributed by atoms with van der Waals surface area (Å²) in [7, 11) is 0. The Morgan fingerprint density at radius 2 is 2.00 bits per heavy atom. The number of nitrogens with one attached hydrogen (secondary N) is 1. The van der Waals surface area contributed by atoms with Crippen molar-refractivity contribution in [1.29, 1.82) is 0 Å². The summed E-state index contributed by atoms with van der Waals surface area (Å²) in [5.41, 5.74) is 1.14. The van der Waals surface area contributed by atoms with Crippen LogP contribution < -0.4 is 5.32 Å². The maximum atomic E-state index is 12.3. The van der Waals surface area contributed by atoms with Gasteiger partial charge in [-0.3, -0.25) is 14.5 Å². The van der Waals surface area contributed by atoms with Crippen molar-refractivity contribution >= 4 is 17.4 Å². The predicted molar refractivity (Wildman–Crippen MR) is 88.6 cm³/mol. The van der Waals surface area contributed by atoms with E-state index in [0.29, 0.717) is 23.7 Å². The van der Waals surface area contributed by atoms with Crippen LogP contribution in [0.15, 0.2) is 24.3 Å². The summed E-state index contributed by atoms with van der Waals surface area (Å²) in [6, 6.07) is 7.12. The van der Waals surface area contributed by atoms with Crippen molar-refractivity contribution in [2.24, 2.45) is 5.92 Å². The first kappa shape index (κ1) is 16.1. The fraction of sp³-hybridized carbons (Fsp3) is 0.556. The van der Waals surface area contributed by atoms with Gasteiger partial charge in [-0.15, -0.1) is 0 Å². The Morgan fingerprint density at radius 3 is 2.70 bits per heavy atom. The Kier molecular flexibility index (Phi) is 4.78. The molecule has 1 saturated heterocycles. The third-order valence-electron chi connectivity index (χ3n) is 4.46. The zero-order valence-electron chi connectivity index (χ0n) is 13.7. The van der Waals surface area contributed by atoms with Gasteiger partial charge in [-0.05, 0) is 44.7 Å². The molecule has 1 N–H and O–H groups in total. The van der Waals surface area contributed by atoms with E-state index in [0.717, 1.165) is 13.1 Å². The highest BCUT2D eigenvalue weighted by Crippen LogP contribution is 2.36. The number of benzene rings is 1. The van der Waals surface area contributed by atoms with Crippen LogP contribution in [0.4, 0.5) is 5.69 Å². The number of hydrogen-bond acceptors (Lipinski definition) is 4. The van der Waals surface area contributed by atoms with E-state index >= 15 is 0 Å². The van der Waals surface area contributed by atoms with Gasteiger partial charge in [0.05, 0.1) is 24.4 Å². The highest BCUT2D eigenvalue weighted by atomic mass is 16.5. The van der Waals surface area contributed by atoms with E-state index in [1.54, 1.807) is 18.2 Å². The molecule has 2 fully saturated rings. The molecule has 1 saturated carbocycles. The molecule has 124 valence electrons. The first-order valence-corrected chi connectivity index (χ1v) is 8.30. The summed E-state index contributed by atoms with van der Waals surface area (Å²) < 4.78 is 5.97. The van der Waals surface area contributed by atoms with Crippen LogP contribution in [0.3, 0.4) is 0 Å². The molecule has 0 spiro atoms. The molecule has 1 aliphatic carbocycles. The van der Waals surface area contributed by atoms with Gasteiger partial charge in [-0.25, -0.2) is 0 Å². The number of anilines is 1. The second kappa shape index (κ2) is 6.81. The molecule has 2 aliphatic rings. The first-order chi connectivity index (χ1) is 11.0. The van der Waals surface area contributed by atoms with Gasteiger partial charge in [0.2, 0.25) is 5.91 Å². The van der Waals surface area contributed by atoms with E-state index in [2.05, 4.69) is 17.1 Å². The van der Waals surface area contributed by atoms with Crippen LogP contribution in [0.25, 0.3) is 0 Å². The van der Waals surface area contributed by atoms with Crippen LogP contribution in [-0.4, -0.2) is 48.4 Å². The Hall–Kier alpha value is -1.72. The lowest BCUT2D eigenvalue weighted by Gasteiger charge is -2.36. The van der Waals surface area contributed by atoms with Gasteiger partial charge < -0.3 is 10.1 Å². The van der Waals surface area contributed by atoms with Crippen molar-refractivity contribution in [3.8, 4) is 0 Å². The number of Topliss-reactive ketones (excluding diaryl/α,β-unsaturated/α-hetero) is 1. The van der Waals surface area contributed by atoms with Gasteiger partial charge in [0, 0.05) is 18.7 Å². The maximum absolute atomic E-state index is 12.3. The molecule has 1 aromatic rings. The number of amides is 1. The zero-order valence-corrected chi connectivity index (χ0v) is 13.7. The van der Waals surface area contributed by atoms with Crippen molar-refractivity contribution < 1.29 is 14.3 Å². The summed E-state index contributed by atoms with van der Waals surface area (Å²) in [4.78, 5) is 26.1. The molecule has 2 atom stereocenters. The summed E-state index contributed by atoms with van der Waals surface area (Å²) in [6.07, 6.45) is 2.90. The Morgan fingerprint density at radius 1 is 1.26 bits per heavy atom. The van der Waals surface area contributed by atoms with Gasteiger partial charge >= 0.3 is 0 Å². The minimum absolute atomic E-state index is 0.0466. The number of morpholine rings is 1. The van der Waals surface area contributed by atoms with Crippen LogP contribution in [0.2, 0.25) is 0 Å². The average Bonchev–Trinajstić information content (AvgIpc) is 3.31. The minimum Gasteiger partial charge on any atom is -0.372 e. The molecule has 23 heavy (non-hydrogen) atoms. The third kappa shape index (κ3) is 4.18. The summed E-state index contributed by atoms with van der Waals surface area (Å²) >= 11 is 0. The molecule has 1 aliphatic heterocycles. The van der Waals surface area contributed by atoms with Gasteiger partial charge in [0.15, 0.2) is 5.78 Å². The van der Waals surface area contributed by atoms with Gasteiger partial charge in [-0.1, -0.05) is 12.1 Å². The second-order valence-electron chi connectivity index (χ2n) is 6.67. The van der Waals surface area contributed by atoms with Crippen LogP contribution in [0.1, 0.15) is 37.0 Å². The summed E-state index contributed by atoms with van der Waals surface area (Å²) in [5, 5.41) is 2.87. The Bertz CT molecular complexity index is 598. The Labute approximate surface area is 137 Å². The lowest BCUT2D eigenvalue weighted by Crippen LogP contribution is -2.49. The van der Waals surface area contributed by atoms with Gasteiger partial charge in [0.1, 0.15) is 0 Å². The molecule has 0 unspecified atom stereocenters. The number of para-hydroxylation sites is 1. The van der Waals surface area contributed by atoms with Crippen LogP contribution in [-0.2, 0) is 9.53 Å². The molecular formula is C18H24N2O3. The molecule has 5 nitrogen and oxygen atoms in total. The average molecular weight is 316 g/mol. The van der Waals surface area contributed by atoms with Crippen LogP contribution in [0.5, 0.6) is 0 Å². The maximum Gasteiger partial charge on any atom is 0.238 e. The standard InChI is InChI=1S/C18H24N2O3/c1-12-9-20(10-17(23-12)14-7-8-14)11-18(22)19-16-6-4-3-5-15(16)13(2)21/h3-6,12,14,17H,7-11H2,1-2H3,(H,19,22)/t12-,17-/m0/s1. The van der Waals surface area contributed by atoms with E-state index in [-0.39, 0.29) is 23.9 Å². The number of hydrogen-bond donors (Lipinski definition) is 1. The third-order valence-corrected chi connectivity index (χ3v) is 4.46. The van der Waals surface area contributed by atoms with Crippen molar-refractivity contribution in [2.45, 2.75) is 38.9 Å². The fourth-order valence-corrected chi connectivity index (χ4v) is 3.23. The number of ether oxygens (including phenoxy) is 1. The van der Waals surface area contributed by atoms with Crippen molar-refractivity contribution in [3.05, 3.63) is 29.8 Å². The molecule has 1 aromatic carbocycles. The molecule has 5 heteroatoms. The van der Waals surface area contributed by atoms with E-state index in [1.807, 2.05) is 6.07 Å². The topological polar surface area (TPSA) is 58.6 Å². The normalized spacial score (nSPS) is 25.1. The highest BCUT2D eigenvalue weighted by molar-refractivity contribution is 6.04. The smallest absolute Gasteiger partial charge is 0.238 e. The first-order valence-electron chi connectivity index (χ1n) is 8.30. The van der Waals surface area contributed by atoms with E-state index < -0.39 is 0 Å². The minimum atomic E-state index is -0.0812. The molecule has 1 heterocycles. The van der Waals surface area contributed by atoms with E-state index in [1.165, 1.54) is 19.8 Å². The molecule has 0 radical (unpaired) electrons. The fourth-order valence-electron chi connectivity index (χ4n) is 3.23. The molecular weight excluding hydrogens is 292 g/mol. The number of carbonyl (C=O) groups excluding carboxylic acids is 2. The monoisotopic (exact) mass is 316 g/mol. The second-order valence-corrected chi connectivity index (χ2v) is 6.67. The Balaban J connectivity index is 1.59. The number of rotatable bonds is 5. The van der Waals surface area contributed by atoms with Crippen molar-refractivity contribution in [3.63, 3.8) is 0 Å². The molecule has 3 rings (SSSR count). The van der Waals surface area contributed by atoms with E-state index in [4.69, 9.17) is 4.74 Å². The SMILES string of the molecule is CC(=O)c1ccccc1NC(=O)CN1C[C@@H](C2CC2)O[C@@H](C)C1.